The molecule has 0 unspecified atom stereocenters. The number of nitrogens with one attached hydrogen (secondary N) is 1. The molecule has 1 saturated heterocycles. The largest absolute Gasteiger partial charge is 0.369 e. The van der Waals surface area contributed by atoms with E-state index in [0.717, 1.165) is 11.3 Å². The van der Waals surface area contributed by atoms with Crippen molar-refractivity contribution in [3.8, 4) is 11.8 Å². The Morgan fingerprint density at radius 3 is 2.59 bits per heavy atom. The molecule has 2 aromatic rings. The first-order valence-corrected chi connectivity index (χ1v) is 9.51. The molecule has 1 aromatic carbocycles. The number of piperidine rings is 1. The number of hydrogen-bond acceptors (Lipinski definition) is 4. The van der Waals surface area contributed by atoms with Gasteiger partial charge in [-0.25, -0.2) is 4.39 Å². The van der Waals surface area contributed by atoms with Gasteiger partial charge in [0.2, 0.25) is 11.8 Å². The van der Waals surface area contributed by atoms with Gasteiger partial charge in [0.15, 0.2) is 0 Å². The van der Waals surface area contributed by atoms with Gasteiger partial charge in [-0.3, -0.25) is 19.1 Å². The first-order chi connectivity index (χ1) is 13.8. The molecule has 0 spiro atoms. The maximum absolute atomic E-state index is 13.8. The summed E-state index contributed by atoms with van der Waals surface area (Å²) < 4.78 is 15.4. The highest BCUT2D eigenvalue weighted by atomic mass is 19.1. The Hall–Kier alpha value is -3.18. The van der Waals surface area contributed by atoms with E-state index in [1.54, 1.807) is 23.6 Å². The highest BCUT2D eigenvalue weighted by molar-refractivity contribution is 5.93. The summed E-state index contributed by atoms with van der Waals surface area (Å²) in [6.07, 6.45) is 1.26. The zero-order valence-electron chi connectivity index (χ0n) is 16.5. The summed E-state index contributed by atoms with van der Waals surface area (Å²) >= 11 is 0. The fourth-order valence-electron chi connectivity index (χ4n) is 3.75. The molecule has 1 aromatic heterocycles. The molecule has 0 aliphatic carbocycles. The lowest BCUT2D eigenvalue weighted by Gasteiger charge is -2.29. The summed E-state index contributed by atoms with van der Waals surface area (Å²) in [6, 6.07) is 8.15. The van der Waals surface area contributed by atoms with E-state index >= 15 is 0 Å². The Kier molecular flexibility index (Phi) is 5.99. The average Bonchev–Trinajstić information content (AvgIpc) is 2.91. The molecule has 2 amide bonds. The van der Waals surface area contributed by atoms with Crippen molar-refractivity contribution in [1.29, 1.82) is 5.26 Å². The Bertz CT molecular complexity index is 984. The van der Waals surface area contributed by atoms with Crippen LogP contribution in [0.1, 0.15) is 29.7 Å². The lowest BCUT2D eigenvalue weighted by Crippen LogP contribution is -2.42. The van der Waals surface area contributed by atoms with Gasteiger partial charge in [0, 0.05) is 11.6 Å². The third-order valence-electron chi connectivity index (χ3n) is 5.51. The molecule has 3 N–H and O–H groups in total. The third-order valence-corrected chi connectivity index (χ3v) is 5.51. The number of nitriles is 1. The summed E-state index contributed by atoms with van der Waals surface area (Å²) in [5.41, 5.74) is 7.72. The van der Waals surface area contributed by atoms with Crippen molar-refractivity contribution in [1.82, 2.24) is 9.47 Å². The van der Waals surface area contributed by atoms with E-state index in [0.29, 0.717) is 43.0 Å². The van der Waals surface area contributed by atoms with Crippen LogP contribution >= 0.6 is 0 Å². The molecule has 3 rings (SSSR count). The van der Waals surface area contributed by atoms with Gasteiger partial charge in [-0.05, 0) is 63.5 Å². The standard InChI is InChI=1S/C21H24FN5O2/c1-13-14(2)27(17-5-3-4-16(22)10-17)21(18(13)11-23)25-19(28)12-26-8-6-15(7-9-26)20(24)29/h3-5,10,15H,6-9,12H2,1-2H3,(H2,24,29)(H,25,28). The van der Waals surface area contributed by atoms with Crippen LogP contribution in [0.3, 0.4) is 0 Å². The average molecular weight is 397 g/mol. The number of carbonyl (C=O) groups is 2. The van der Waals surface area contributed by atoms with E-state index in [2.05, 4.69) is 11.4 Å². The van der Waals surface area contributed by atoms with Crippen LogP contribution in [0.4, 0.5) is 10.2 Å². The molecule has 2 heterocycles. The number of nitrogens with zero attached hydrogens (tertiary/aromatic N) is 3. The number of carbonyl (C=O) groups excluding carboxylic acids is 2. The van der Waals surface area contributed by atoms with Crippen LogP contribution in [0.2, 0.25) is 0 Å². The molecule has 1 fully saturated rings. The van der Waals surface area contributed by atoms with Gasteiger partial charge in [-0.1, -0.05) is 6.07 Å². The zero-order valence-corrected chi connectivity index (χ0v) is 16.5. The van der Waals surface area contributed by atoms with Crippen LogP contribution in [0.5, 0.6) is 0 Å². The number of halogens is 1. The van der Waals surface area contributed by atoms with E-state index < -0.39 is 5.82 Å². The number of hydrogen-bond donors (Lipinski definition) is 2. The molecule has 29 heavy (non-hydrogen) atoms. The minimum absolute atomic E-state index is 0.142. The van der Waals surface area contributed by atoms with Crippen LogP contribution in [0, 0.1) is 36.9 Å². The minimum atomic E-state index is -0.402. The topological polar surface area (TPSA) is 104 Å². The normalized spacial score (nSPS) is 15.1. The van der Waals surface area contributed by atoms with Crippen LogP contribution in [-0.4, -0.2) is 40.9 Å². The number of nitrogens with two attached hydrogens (primary N) is 1. The Balaban J connectivity index is 1.82. The smallest absolute Gasteiger partial charge is 0.239 e. The van der Waals surface area contributed by atoms with E-state index in [4.69, 9.17) is 5.73 Å². The van der Waals surface area contributed by atoms with Crippen LogP contribution in [0.15, 0.2) is 24.3 Å². The fraction of sp³-hybridized carbons (Fsp3) is 0.381. The van der Waals surface area contributed by atoms with E-state index in [1.807, 2.05) is 11.8 Å². The highest BCUT2D eigenvalue weighted by Gasteiger charge is 2.26. The van der Waals surface area contributed by atoms with Gasteiger partial charge in [0.05, 0.1) is 17.8 Å². The first kappa shape index (κ1) is 20.6. The van der Waals surface area contributed by atoms with Gasteiger partial charge < -0.3 is 11.1 Å². The van der Waals surface area contributed by atoms with E-state index in [1.165, 1.54) is 12.1 Å². The lowest BCUT2D eigenvalue weighted by atomic mass is 9.96. The van der Waals surface area contributed by atoms with E-state index in [9.17, 15) is 19.2 Å². The molecule has 0 saturated carbocycles. The molecule has 8 heteroatoms. The monoisotopic (exact) mass is 397 g/mol. The number of benzene rings is 1. The van der Waals surface area contributed by atoms with Gasteiger partial charge >= 0.3 is 0 Å². The summed E-state index contributed by atoms with van der Waals surface area (Å²) in [7, 11) is 0. The number of amides is 2. The van der Waals surface area contributed by atoms with Crippen molar-refractivity contribution >= 4 is 17.6 Å². The Morgan fingerprint density at radius 1 is 1.31 bits per heavy atom. The van der Waals surface area contributed by atoms with Crippen molar-refractivity contribution in [3.63, 3.8) is 0 Å². The second kappa shape index (κ2) is 8.45. The second-order valence-electron chi connectivity index (χ2n) is 7.36. The molecule has 0 radical (unpaired) electrons. The van der Waals surface area contributed by atoms with E-state index in [-0.39, 0.29) is 24.3 Å². The SMILES string of the molecule is Cc1c(C#N)c(NC(=O)CN2CCC(C(N)=O)CC2)n(-c2cccc(F)c2)c1C. The number of primary amides is 1. The Labute approximate surface area is 168 Å². The zero-order chi connectivity index (χ0) is 21.1. The molecular weight excluding hydrogens is 373 g/mol. The number of anilines is 1. The van der Waals surface area contributed by atoms with Crippen molar-refractivity contribution < 1.29 is 14.0 Å². The van der Waals surface area contributed by atoms with Crippen LogP contribution in [0.25, 0.3) is 5.69 Å². The van der Waals surface area contributed by atoms with Gasteiger partial charge in [0.1, 0.15) is 17.7 Å². The maximum atomic E-state index is 13.8. The Morgan fingerprint density at radius 2 is 2.00 bits per heavy atom. The summed E-state index contributed by atoms with van der Waals surface area (Å²) in [5, 5.41) is 12.4. The number of aromatic nitrogens is 1. The van der Waals surface area contributed by atoms with Crippen LogP contribution < -0.4 is 11.1 Å². The predicted molar refractivity (Wildman–Crippen MR) is 107 cm³/mol. The van der Waals surface area contributed by atoms with Crippen molar-refractivity contribution in [2.24, 2.45) is 11.7 Å². The van der Waals surface area contributed by atoms with Gasteiger partial charge in [-0.15, -0.1) is 0 Å². The number of likely N-dealkylation sites (tertiary alicyclic amines) is 1. The second-order valence-corrected chi connectivity index (χ2v) is 7.36. The molecular formula is C21H24FN5O2. The quantitative estimate of drug-likeness (QED) is 0.807. The molecule has 0 atom stereocenters. The van der Waals surface area contributed by atoms with Crippen molar-refractivity contribution in [2.75, 3.05) is 25.0 Å². The molecule has 1 aliphatic heterocycles. The van der Waals surface area contributed by atoms with Crippen LogP contribution in [-0.2, 0) is 9.59 Å². The predicted octanol–water partition coefficient (Wildman–Crippen LogP) is 2.24. The fourth-order valence-corrected chi connectivity index (χ4v) is 3.75. The summed E-state index contributed by atoms with van der Waals surface area (Å²) in [6.45, 7) is 4.98. The van der Waals surface area contributed by atoms with Gasteiger partial charge in [0.25, 0.3) is 0 Å². The summed E-state index contributed by atoms with van der Waals surface area (Å²) in [5.74, 6) is -0.776. The lowest BCUT2D eigenvalue weighted by molar-refractivity contribution is -0.123. The minimum Gasteiger partial charge on any atom is -0.369 e. The highest BCUT2D eigenvalue weighted by Crippen LogP contribution is 2.30. The maximum Gasteiger partial charge on any atom is 0.239 e. The molecule has 0 bridgehead atoms. The number of rotatable bonds is 5. The molecule has 152 valence electrons. The molecule has 1 aliphatic rings. The summed E-state index contributed by atoms with van der Waals surface area (Å²) in [4.78, 5) is 25.9. The van der Waals surface area contributed by atoms with Crippen molar-refractivity contribution in [3.05, 3.63) is 46.9 Å². The first-order valence-electron chi connectivity index (χ1n) is 9.51. The molecule has 7 nitrogen and oxygen atoms in total. The third kappa shape index (κ3) is 4.30. The van der Waals surface area contributed by atoms with Crippen molar-refractivity contribution in [2.45, 2.75) is 26.7 Å². The van der Waals surface area contributed by atoms with Gasteiger partial charge in [-0.2, -0.15) is 5.26 Å².